The van der Waals surface area contributed by atoms with Crippen molar-refractivity contribution in [3.63, 3.8) is 0 Å². The van der Waals surface area contributed by atoms with Gasteiger partial charge in [-0.15, -0.1) is 0 Å². The molecule has 0 rings (SSSR count). The molecule has 0 aliphatic heterocycles. The molecule has 1 atom stereocenters. The summed E-state index contributed by atoms with van der Waals surface area (Å²) in [6.45, 7) is 3.82. The largest absolute Gasteiger partial charge is 0.465 e. The molecule has 1 amide bonds. The molecule has 7 heteroatoms. The highest BCUT2D eigenvalue weighted by Crippen LogP contribution is 2.06. The maximum absolute atomic E-state index is 10.8. The second-order valence-corrected chi connectivity index (χ2v) is 4.97. The van der Waals surface area contributed by atoms with E-state index >= 15 is 0 Å². The van der Waals surface area contributed by atoms with Crippen LogP contribution in [0.15, 0.2) is 0 Å². The average molecular weight is 239 g/mol. The molecule has 0 radical (unpaired) electrons. The third kappa shape index (κ3) is 6.29. The Morgan fingerprint density at radius 3 is 2.33 bits per heavy atom. The van der Waals surface area contributed by atoms with Crippen LogP contribution < -0.4 is 0 Å². The molecule has 0 aromatic heterocycles. The minimum absolute atomic E-state index is 0.102. The Hall–Kier alpha value is -0.820. The van der Waals surface area contributed by atoms with Crippen LogP contribution in [0.3, 0.4) is 0 Å². The Morgan fingerprint density at radius 2 is 2.00 bits per heavy atom. The Balaban J connectivity index is 4.26. The van der Waals surface area contributed by atoms with Gasteiger partial charge in [0, 0.05) is 12.6 Å². The summed E-state index contributed by atoms with van der Waals surface area (Å²) in [6.07, 6.45) is -0.298. The molecule has 2 N–H and O–H groups in total. The van der Waals surface area contributed by atoms with Crippen molar-refractivity contribution < 1.29 is 22.9 Å². The molecule has 1 unspecified atom stereocenters. The van der Waals surface area contributed by atoms with E-state index in [1.54, 1.807) is 6.92 Å². The Labute approximate surface area is 89.6 Å². The van der Waals surface area contributed by atoms with Crippen molar-refractivity contribution in [2.45, 2.75) is 32.7 Å². The standard InChI is InChI=1S/C8H17NO5S/c1-3-5-9(8(10)11)7(2)4-6-15(12,13)14/h7H,3-6H2,1-2H3,(H,10,11)(H,12,13,14). The molecule has 0 bridgehead atoms. The molecule has 6 nitrogen and oxygen atoms in total. The predicted molar refractivity (Wildman–Crippen MR) is 55.5 cm³/mol. The van der Waals surface area contributed by atoms with Gasteiger partial charge in [0.1, 0.15) is 0 Å². The van der Waals surface area contributed by atoms with Crippen molar-refractivity contribution in [2.24, 2.45) is 0 Å². The zero-order valence-electron chi connectivity index (χ0n) is 8.88. The van der Waals surface area contributed by atoms with Crippen molar-refractivity contribution in [3.05, 3.63) is 0 Å². The van der Waals surface area contributed by atoms with Gasteiger partial charge >= 0.3 is 6.09 Å². The lowest BCUT2D eigenvalue weighted by Gasteiger charge is -2.25. The number of hydrogen-bond donors (Lipinski definition) is 2. The van der Waals surface area contributed by atoms with Crippen LogP contribution in [0.1, 0.15) is 26.7 Å². The van der Waals surface area contributed by atoms with Gasteiger partial charge in [0.15, 0.2) is 0 Å². The zero-order chi connectivity index (χ0) is 12.1. The first-order valence-corrected chi connectivity index (χ1v) is 6.33. The summed E-state index contributed by atoms with van der Waals surface area (Å²) in [4.78, 5) is 11.9. The molecular weight excluding hydrogens is 222 g/mol. The average Bonchev–Trinajstić information content (AvgIpc) is 2.08. The fourth-order valence-electron chi connectivity index (χ4n) is 1.22. The van der Waals surface area contributed by atoms with Gasteiger partial charge in [-0.05, 0) is 19.8 Å². The molecule has 0 aromatic rings. The van der Waals surface area contributed by atoms with Crippen molar-refractivity contribution in [3.8, 4) is 0 Å². The van der Waals surface area contributed by atoms with E-state index in [9.17, 15) is 13.2 Å². The third-order valence-corrected chi connectivity index (χ3v) is 2.79. The summed E-state index contributed by atoms with van der Waals surface area (Å²) in [5.74, 6) is -0.415. The molecule has 0 aliphatic carbocycles. The van der Waals surface area contributed by atoms with Gasteiger partial charge in [0.05, 0.1) is 5.75 Å². The Kier molecular flexibility index (Phi) is 5.59. The lowest BCUT2D eigenvalue weighted by molar-refractivity contribution is 0.127. The van der Waals surface area contributed by atoms with Crippen molar-refractivity contribution >= 4 is 16.2 Å². The van der Waals surface area contributed by atoms with E-state index in [0.29, 0.717) is 13.0 Å². The quantitative estimate of drug-likeness (QED) is 0.675. The van der Waals surface area contributed by atoms with E-state index in [0.717, 1.165) is 0 Å². The van der Waals surface area contributed by atoms with Crippen molar-refractivity contribution in [2.75, 3.05) is 12.3 Å². The maximum Gasteiger partial charge on any atom is 0.407 e. The predicted octanol–water partition coefficient (Wildman–Crippen LogP) is 1.04. The normalized spacial score (nSPS) is 13.5. The molecule has 0 heterocycles. The maximum atomic E-state index is 10.8. The number of hydrogen-bond acceptors (Lipinski definition) is 3. The molecule has 15 heavy (non-hydrogen) atoms. The van der Waals surface area contributed by atoms with Crippen LogP contribution >= 0.6 is 0 Å². The van der Waals surface area contributed by atoms with Crippen LogP contribution in [-0.2, 0) is 10.1 Å². The molecular formula is C8H17NO5S. The summed E-state index contributed by atoms with van der Waals surface area (Å²) in [5.41, 5.74) is 0. The molecule has 0 aromatic carbocycles. The van der Waals surface area contributed by atoms with E-state index in [2.05, 4.69) is 0 Å². The lowest BCUT2D eigenvalue weighted by Crippen LogP contribution is -2.39. The van der Waals surface area contributed by atoms with Crippen LogP contribution in [0.4, 0.5) is 4.79 Å². The molecule has 0 saturated heterocycles. The van der Waals surface area contributed by atoms with Crippen LogP contribution in [0.2, 0.25) is 0 Å². The molecule has 90 valence electrons. The Morgan fingerprint density at radius 1 is 1.47 bits per heavy atom. The molecule has 0 aliphatic rings. The number of rotatable bonds is 6. The third-order valence-electron chi connectivity index (χ3n) is 2.04. The number of carbonyl (C=O) groups is 1. The Bertz CT molecular complexity index is 300. The van der Waals surface area contributed by atoms with Gasteiger partial charge in [-0.3, -0.25) is 4.55 Å². The fourth-order valence-corrected chi connectivity index (χ4v) is 1.86. The SMILES string of the molecule is CCCN(C(=O)O)C(C)CCS(=O)(=O)O. The smallest absolute Gasteiger partial charge is 0.407 e. The summed E-state index contributed by atoms with van der Waals surface area (Å²) in [6, 6.07) is -0.413. The topological polar surface area (TPSA) is 94.9 Å². The van der Waals surface area contributed by atoms with Gasteiger partial charge in [-0.1, -0.05) is 6.92 Å². The van der Waals surface area contributed by atoms with Gasteiger partial charge in [0.25, 0.3) is 10.1 Å². The first-order chi connectivity index (χ1) is 6.78. The van der Waals surface area contributed by atoms with Crippen molar-refractivity contribution in [1.29, 1.82) is 0 Å². The van der Waals surface area contributed by atoms with Gasteiger partial charge in [-0.2, -0.15) is 8.42 Å². The van der Waals surface area contributed by atoms with E-state index in [-0.39, 0.29) is 6.42 Å². The summed E-state index contributed by atoms with van der Waals surface area (Å²) in [5, 5.41) is 8.82. The van der Waals surface area contributed by atoms with Crippen LogP contribution in [0, 0.1) is 0 Å². The second-order valence-electron chi connectivity index (χ2n) is 3.40. The highest BCUT2D eigenvalue weighted by molar-refractivity contribution is 7.85. The number of carboxylic acid groups (broad SMARTS) is 1. The minimum Gasteiger partial charge on any atom is -0.465 e. The number of amides is 1. The second kappa shape index (κ2) is 5.92. The van der Waals surface area contributed by atoms with Gasteiger partial charge in [0.2, 0.25) is 0 Å². The molecule has 0 saturated carbocycles. The summed E-state index contributed by atoms with van der Waals surface area (Å²) < 4.78 is 29.5. The van der Waals surface area contributed by atoms with Crippen LogP contribution in [-0.4, -0.2) is 47.4 Å². The first kappa shape index (κ1) is 14.2. The van der Waals surface area contributed by atoms with E-state index in [4.69, 9.17) is 9.66 Å². The fraction of sp³-hybridized carbons (Fsp3) is 0.875. The van der Waals surface area contributed by atoms with Gasteiger partial charge in [-0.25, -0.2) is 4.79 Å². The highest BCUT2D eigenvalue weighted by Gasteiger charge is 2.19. The monoisotopic (exact) mass is 239 g/mol. The molecule has 0 spiro atoms. The lowest BCUT2D eigenvalue weighted by atomic mass is 10.2. The van der Waals surface area contributed by atoms with E-state index in [1.807, 2.05) is 6.92 Å². The zero-order valence-corrected chi connectivity index (χ0v) is 9.70. The van der Waals surface area contributed by atoms with E-state index in [1.165, 1.54) is 4.90 Å². The highest BCUT2D eigenvalue weighted by atomic mass is 32.2. The minimum atomic E-state index is -4.01. The summed E-state index contributed by atoms with van der Waals surface area (Å²) >= 11 is 0. The number of nitrogens with zero attached hydrogens (tertiary/aromatic N) is 1. The first-order valence-electron chi connectivity index (χ1n) is 4.72. The van der Waals surface area contributed by atoms with Crippen LogP contribution in [0.25, 0.3) is 0 Å². The summed E-state index contributed by atoms with van der Waals surface area (Å²) in [7, 11) is -4.01. The van der Waals surface area contributed by atoms with Gasteiger partial charge < -0.3 is 10.0 Å². The van der Waals surface area contributed by atoms with Crippen molar-refractivity contribution in [1.82, 2.24) is 4.90 Å². The van der Waals surface area contributed by atoms with Crippen LogP contribution in [0.5, 0.6) is 0 Å². The van der Waals surface area contributed by atoms with E-state index < -0.39 is 28.0 Å². The molecule has 0 fully saturated rings.